The van der Waals surface area contributed by atoms with E-state index >= 15 is 0 Å². The van der Waals surface area contributed by atoms with Gasteiger partial charge < -0.3 is 14.8 Å². The molecule has 1 unspecified atom stereocenters. The smallest absolute Gasteiger partial charge is 0.244 e. The quantitative estimate of drug-likeness (QED) is 0.369. The standard InChI is InChI=1S/C26H21N5O2/c1-15-21-22(20-9-5-7-16-6-3-4-8-19(16)20)23-24(29-17-10-12-18(32-2)13-11-17)27-14-28-25(23)33-26(21)31-30-15/h3-14,22H,1-2H3,(H,30,31)(H,27,28,29). The van der Waals surface area contributed by atoms with Crippen molar-refractivity contribution in [1.29, 1.82) is 0 Å². The molecule has 7 nitrogen and oxygen atoms in total. The Kier molecular flexibility index (Phi) is 4.47. The number of hydrogen-bond acceptors (Lipinski definition) is 6. The summed E-state index contributed by atoms with van der Waals surface area (Å²) in [7, 11) is 1.65. The minimum Gasteiger partial charge on any atom is -0.497 e. The number of fused-ring (bicyclic) bond motifs is 3. The van der Waals surface area contributed by atoms with Crippen LogP contribution in [-0.4, -0.2) is 27.3 Å². The van der Waals surface area contributed by atoms with Crippen LogP contribution >= 0.6 is 0 Å². The molecule has 1 atom stereocenters. The summed E-state index contributed by atoms with van der Waals surface area (Å²) in [5.74, 6) is 2.37. The van der Waals surface area contributed by atoms with Gasteiger partial charge in [-0.25, -0.2) is 9.97 Å². The normalized spacial score (nSPS) is 14.3. The molecule has 33 heavy (non-hydrogen) atoms. The van der Waals surface area contributed by atoms with Gasteiger partial charge in [-0.3, -0.25) is 5.10 Å². The van der Waals surface area contributed by atoms with Crippen molar-refractivity contribution in [2.24, 2.45) is 0 Å². The van der Waals surface area contributed by atoms with Crippen LogP contribution in [0.5, 0.6) is 17.5 Å². The zero-order chi connectivity index (χ0) is 22.4. The SMILES string of the molecule is COc1ccc(Nc2ncnc3c2C(c2cccc4ccccc24)c2c(n[nH]c2C)O3)cc1. The third-order valence-corrected chi connectivity index (χ3v) is 6.06. The third-order valence-electron chi connectivity index (χ3n) is 6.06. The summed E-state index contributed by atoms with van der Waals surface area (Å²) < 4.78 is 11.4. The van der Waals surface area contributed by atoms with Crippen LogP contribution in [-0.2, 0) is 0 Å². The average molecular weight is 435 g/mol. The maximum Gasteiger partial charge on any atom is 0.244 e. The van der Waals surface area contributed by atoms with E-state index in [9.17, 15) is 0 Å². The van der Waals surface area contributed by atoms with Gasteiger partial charge in [0.25, 0.3) is 0 Å². The summed E-state index contributed by atoms with van der Waals surface area (Å²) in [4.78, 5) is 9.07. The number of H-pyrrole nitrogens is 1. The number of nitrogens with zero attached hydrogens (tertiary/aromatic N) is 3. The number of anilines is 2. The molecule has 0 saturated heterocycles. The van der Waals surface area contributed by atoms with Crippen LogP contribution in [0.15, 0.2) is 73.1 Å². The van der Waals surface area contributed by atoms with Crippen molar-refractivity contribution < 1.29 is 9.47 Å². The monoisotopic (exact) mass is 435 g/mol. The van der Waals surface area contributed by atoms with Gasteiger partial charge in [0.15, 0.2) is 0 Å². The second kappa shape index (κ2) is 7.63. The molecule has 3 heterocycles. The minimum atomic E-state index is -0.157. The van der Waals surface area contributed by atoms with Crippen LogP contribution in [0.2, 0.25) is 0 Å². The first kappa shape index (κ1) is 19.3. The maximum absolute atomic E-state index is 6.12. The first-order valence-corrected chi connectivity index (χ1v) is 10.7. The lowest BCUT2D eigenvalue weighted by molar-refractivity contribution is 0.415. The minimum absolute atomic E-state index is 0.157. The molecule has 0 spiro atoms. The summed E-state index contributed by atoms with van der Waals surface area (Å²) in [6.45, 7) is 2.01. The van der Waals surface area contributed by atoms with Gasteiger partial charge >= 0.3 is 0 Å². The van der Waals surface area contributed by atoms with Crippen LogP contribution in [0, 0.1) is 6.92 Å². The summed E-state index contributed by atoms with van der Waals surface area (Å²) in [5, 5.41) is 13.3. The maximum atomic E-state index is 6.12. The Labute approximate surface area is 190 Å². The number of aromatic nitrogens is 4. The second-order valence-electron chi connectivity index (χ2n) is 7.97. The molecule has 0 saturated carbocycles. The van der Waals surface area contributed by atoms with Crippen molar-refractivity contribution in [3.63, 3.8) is 0 Å². The van der Waals surface area contributed by atoms with Crippen molar-refractivity contribution in [3.05, 3.63) is 95.4 Å². The van der Waals surface area contributed by atoms with Crippen LogP contribution in [0.25, 0.3) is 10.8 Å². The predicted molar refractivity (Wildman–Crippen MR) is 127 cm³/mol. The summed E-state index contributed by atoms with van der Waals surface area (Å²) in [5.41, 5.74) is 4.86. The topological polar surface area (TPSA) is 85.0 Å². The van der Waals surface area contributed by atoms with Gasteiger partial charge in [-0.1, -0.05) is 42.5 Å². The fourth-order valence-electron chi connectivity index (χ4n) is 4.51. The lowest BCUT2D eigenvalue weighted by Gasteiger charge is -2.28. The number of rotatable bonds is 4. The molecule has 2 aromatic heterocycles. The first-order chi connectivity index (χ1) is 16.2. The molecule has 1 aliphatic heterocycles. The van der Waals surface area contributed by atoms with Gasteiger partial charge in [-0.15, -0.1) is 5.10 Å². The van der Waals surface area contributed by atoms with E-state index < -0.39 is 0 Å². The molecule has 1 aliphatic rings. The molecule has 162 valence electrons. The number of benzene rings is 3. The summed E-state index contributed by atoms with van der Waals surface area (Å²) in [6, 6.07) is 22.5. The second-order valence-corrected chi connectivity index (χ2v) is 7.97. The van der Waals surface area contributed by atoms with Gasteiger partial charge in [-0.2, -0.15) is 0 Å². The molecule has 0 fully saturated rings. The number of aryl methyl sites for hydroxylation is 1. The lowest BCUT2D eigenvalue weighted by atomic mass is 9.82. The molecule has 6 rings (SSSR count). The van der Waals surface area contributed by atoms with Gasteiger partial charge in [-0.05, 0) is 47.5 Å². The van der Waals surface area contributed by atoms with Crippen molar-refractivity contribution in [2.75, 3.05) is 12.4 Å². The van der Waals surface area contributed by atoms with Crippen LogP contribution < -0.4 is 14.8 Å². The molecule has 0 radical (unpaired) electrons. The highest BCUT2D eigenvalue weighted by Crippen LogP contribution is 2.50. The third kappa shape index (κ3) is 3.17. The zero-order valence-electron chi connectivity index (χ0n) is 18.2. The van der Waals surface area contributed by atoms with Crippen molar-refractivity contribution >= 4 is 22.3 Å². The Bertz CT molecular complexity index is 1470. The molecular formula is C26H21N5O2. The zero-order valence-corrected chi connectivity index (χ0v) is 18.2. The molecule has 2 N–H and O–H groups in total. The summed E-state index contributed by atoms with van der Waals surface area (Å²) >= 11 is 0. The van der Waals surface area contributed by atoms with Crippen LogP contribution in [0.4, 0.5) is 11.5 Å². The van der Waals surface area contributed by atoms with E-state index in [2.05, 4.69) is 67.9 Å². The Balaban J connectivity index is 1.57. The Morgan fingerprint density at radius 1 is 0.909 bits per heavy atom. The predicted octanol–water partition coefficient (Wildman–Crippen LogP) is 5.70. The van der Waals surface area contributed by atoms with E-state index in [1.807, 2.05) is 31.2 Å². The number of ether oxygens (including phenoxy) is 2. The number of nitrogens with one attached hydrogen (secondary N) is 2. The van der Waals surface area contributed by atoms with E-state index in [4.69, 9.17) is 9.47 Å². The molecule has 0 bridgehead atoms. The van der Waals surface area contributed by atoms with E-state index in [0.29, 0.717) is 17.6 Å². The highest BCUT2D eigenvalue weighted by molar-refractivity contribution is 5.88. The highest BCUT2D eigenvalue weighted by atomic mass is 16.5. The van der Waals surface area contributed by atoms with E-state index in [1.54, 1.807) is 7.11 Å². The van der Waals surface area contributed by atoms with Gasteiger partial charge in [0, 0.05) is 16.9 Å². The van der Waals surface area contributed by atoms with Gasteiger partial charge in [0.2, 0.25) is 11.8 Å². The number of hydrogen-bond donors (Lipinski definition) is 2. The van der Waals surface area contributed by atoms with E-state index in [1.165, 1.54) is 17.1 Å². The number of aromatic amines is 1. The summed E-state index contributed by atoms with van der Waals surface area (Å²) in [6.07, 6.45) is 1.51. The molecule has 5 aromatic rings. The Hall–Kier alpha value is -4.39. The Morgan fingerprint density at radius 2 is 1.73 bits per heavy atom. The molecule has 0 aliphatic carbocycles. The fourth-order valence-corrected chi connectivity index (χ4v) is 4.51. The fraction of sp³-hybridized carbons (Fsp3) is 0.115. The highest BCUT2D eigenvalue weighted by Gasteiger charge is 2.36. The van der Waals surface area contributed by atoms with Gasteiger partial charge in [0.05, 0.1) is 18.6 Å². The molecule has 0 amide bonds. The Morgan fingerprint density at radius 3 is 2.58 bits per heavy atom. The first-order valence-electron chi connectivity index (χ1n) is 10.7. The van der Waals surface area contributed by atoms with Crippen molar-refractivity contribution in [1.82, 2.24) is 20.2 Å². The molecule has 7 heteroatoms. The van der Waals surface area contributed by atoms with Crippen LogP contribution in [0.1, 0.15) is 28.3 Å². The lowest BCUT2D eigenvalue weighted by Crippen LogP contribution is -2.16. The van der Waals surface area contributed by atoms with Gasteiger partial charge in [0.1, 0.15) is 17.9 Å². The average Bonchev–Trinajstić information content (AvgIpc) is 3.23. The largest absolute Gasteiger partial charge is 0.497 e. The van der Waals surface area contributed by atoms with E-state index in [0.717, 1.165) is 33.8 Å². The number of methoxy groups -OCH3 is 1. The van der Waals surface area contributed by atoms with Crippen molar-refractivity contribution in [2.45, 2.75) is 12.8 Å². The van der Waals surface area contributed by atoms with Crippen molar-refractivity contribution in [3.8, 4) is 17.5 Å². The molecule has 3 aromatic carbocycles. The van der Waals surface area contributed by atoms with Crippen LogP contribution in [0.3, 0.4) is 0 Å². The van der Waals surface area contributed by atoms with E-state index in [-0.39, 0.29) is 5.92 Å². The molecular weight excluding hydrogens is 414 g/mol.